The lowest BCUT2D eigenvalue weighted by atomic mass is 10.2. The molecule has 1 aliphatic rings. The van der Waals surface area contributed by atoms with Crippen molar-refractivity contribution in [1.82, 2.24) is 4.90 Å². The largest absolute Gasteiger partial charge is 0.423 e. The predicted octanol–water partition coefficient (Wildman–Crippen LogP) is 6.40. The van der Waals surface area contributed by atoms with Crippen LogP contribution in [0.15, 0.2) is 77.7 Å². The third kappa shape index (κ3) is 5.06. The van der Waals surface area contributed by atoms with Gasteiger partial charge in [0.15, 0.2) is 0 Å². The molecule has 0 saturated carbocycles. The van der Waals surface area contributed by atoms with Gasteiger partial charge in [-0.05, 0) is 81.9 Å². The van der Waals surface area contributed by atoms with Crippen molar-refractivity contribution in [3.63, 3.8) is 0 Å². The monoisotopic (exact) mass is 575 g/mol. The van der Waals surface area contributed by atoms with Crippen molar-refractivity contribution < 1.29 is 19.1 Å². The topological polar surface area (TPSA) is 63.7 Å². The third-order valence-corrected chi connectivity index (χ3v) is 6.86. The molecule has 0 spiro atoms. The molecule has 32 heavy (non-hydrogen) atoms. The van der Waals surface area contributed by atoms with Crippen molar-refractivity contribution >= 4 is 69.1 Å². The first-order chi connectivity index (χ1) is 15.4. The van der Waals surface area contributed by atoms with Crippen LogP contribution in [0, 0.1) is 3.57 Å². The van der Waals surface area contributed by atoms with Crippen LogP contribution in [-0.2, 0) is 11.3 Å². The number of carbonyl (C=O) groups excluding carboxylic acids is 3. The van der Waals surface area contributed by atoms with Crippen molar-refractivity contribution in [1.29, 1.82) is 0 Å². The van der Waals surface area contributed by atoms with Crippen LogP contribution in [0.1, 0.15) is 21.5 Å². The molecule has 0 unspecified atom stereocenters. The van der Waals surface area contributed by atoms with Crippen LogP contribution >= 0.6 is 46.0 Å². The highest BCUT2D eigenvalue weighted by Crippen LogP contribution is 2.34. The molecule has 0 bridgehead atoms. The number of amides is 2. The number of imide groups is 1. The SMILES string of the molecule is O=C(Oc1ccc(/C=C2\SC(=O)N(Cc3ccccc3Cl)C2=O)cc1)c1ccccc1I. The molecule has 0 aliphatic carbocycles. The molecular formula is C24H15ClINO4S. The fourth-order valence-corrected chi connectivity index (χ4v) is 4.65. The lowest BCUT2D eigenvalue weighted by molar-refractivity contribution is -0.123. The van der Waals surface area contributed by atoms with E-state index in [2.05, 4.69) is 22.6 Å². The second kappa shape index (κ2) is 9.89. The minimum absolute atomic E-state index is 0.120. The lowest BCUT2D eigenvalue weighted by Crippen LogP contribution is -2.27. The van der Waals surface area contributed by atoms with Gasteiger partial charge in [0.2, 0.25) is 0 Å². The average molecular weight is 576 g/mol. The van der Waals surface area contributed by atoms with Crippen LogP contribution in [0.25, 0.3) is 6.08 Å². The second-order valence-corrected chi connectivity index (χ2v) is 9.36. The van der Waals surface area contributed by atoms with Crippen molar-refractivity contribution in [2.45, 2.75) is 6.54 Å². The van der Waals surface area contributed by atoms with Gasteiger partial charge in [-0.25, -0.2) is 4.79 Å². The fourth-order valence-electron chi connectivity index (χ4n) is 3.01. The molecule has 160 valence electrons. The number of hydrogen-bond donors (Lipinski definition) is 0. The summed E-state index contributed by atoms with van der Waals surface area (Å²) in [6.07, 6.45) is 1.64. The van der Waals surface area contributed by atoms with Gasteiger partial charge in [-0.2, -0.15) is 0 Å². The summed E-state index contributed by atoms with van der Waals surface area (Å²) in [6, 6.07) is 21.0. The van der Waals surface area contributed by atoms with E-state index in [-0.39, 0.29) is 17.7 Å². The van der Waals surface area contributed by atoms with Gasteiger partial charge in [-0.15, -0.1) is 0 Å². The first kappa shape index (κ1) is 22.6. The van der Waals surface area contributed by atoms with E-state index in [0.29, 0.717) is 32.4 Å². The number of thioether (sulfide) groups is 1. The van der Waals surface area contributed by atoms with Crippen LogP contribution in [0.5, 0.6) is 5.75 Å². The standard InChI is InChI=1S/C24H15ClINO4S/c25-19-7-3-1-5-16(19)14-27-22(28)21(32-24(27)30)13-15-9-11-17(12-10-15)31-23(29)18-6-2-4-8-20(18)26/h1-13H,14H2/b21-13-. The van der Waals surface area contributed by atoms with Gasteiger partial charge in [0, 0.05) is 8.59 Å². The number of rotatable bonds is 5. The average Bonchev–Trinajstić information content (AvgIpc) is 3.04. The van der Waals surface area contributed by atoms with E-state index in [1.54, 1.807) is 60.7 Å². The molecule has 0 aromatic heterocycles. The van der Waals surface area contributed by atoms with Crippen molar-refractivity contribution in [3.05, 3.63) is 103 Å². The number of carbonyl (C=O) groups is 3. The summed E-state index contributed by atoms with van der Waals surface area (Å²) >= 11 is 9.12. The van der Waals surface area contributed by atoms with E-state index in [4.69, 9.17) is 16.3 Å². The summed E-state index contributed by atoms with van der Waals surface area (Å²) < 4.78 is 6.23. The van der Waals surface area contributed by atoms with Gasteiger partial charge in [-0.1, -0.05) is 54.1 Å². The minimum atomic E-state index is -0.441. The molecule has 2 amide bonds. The summed E-state index contributed by atoms with van der Waals surface area (Å²) in [6.45, 7) is 0.120. The van der Waals surface area contributed by atoms with Crippen molar-refractivity contribution in [2.24, 2.45) is 0 Å². The molecule has 1 heterocycles. The Labute approximate surface area is 207 Å². The van der Waals surface area contributed by atoms with Gasteiger partial charge < -0.3 is 4.74 Å². The van der Waals surface area contributed by atoms with E-state index in [0.717, 1.165) is 15.3 Å². The van der Waals surface area contributed by atoms with Crippen LogP contribution in [0.2, 0.25) is 5.02 Å². The lowest BCUT2D eigenvalue weighted by Gasteiger charge is -2.13. The van der Waals surface area contributed by atoms with Gasteiger partial charge >= 0.3 is 5.97 Å². The van der Waals surface area contributed by atoms with Crippen LogP contribution in [-0.4, -0.2) is 22.0 Å². The van der Waals surface area contributed by atoms with Gasteiger partial charge in [0.05, 0.1) is 17.0 Å². The molecule has 5 nitrogen and oxygen atoms in total. The molecule has 0 atom stereocenters. The van der Waals surface area contributed by atoms with Crippen LogP contribution in [0.4, 0.5) is 4.79 Å². The summed E-state index contributed by atoms with van der Waals surface area (Å²) in [4.78, 5) is 39.0. The minimum Gasteiger partial charge on any atom is -0.423 e. The molecule has 8 heteroatoms. The fraction of sp³-hybridized carbons (Fsp3) is 0.0417. The quantitative estimate of drug-likeness (QED) is 0.152. The maximum absolute atomic E-state index is 12.7. The Morgan fingerprint density at radius 3 is 2.41 bits per heavy atom. The maximum Gasteiger partial charge on any atom is 0.344 e. The number of halogens is 2. The van der Waals surface area contributed by atoms with E-state index >= 15 is 0 Å². The van der Waals surface area contributed by atoms with E-state index in [1.165, 1.54) is 4.90 Å². The Morgan fingerprint density at radius 2 is 1.69 bits per heavy atom. The molecule has 0 radical (unpaired) electrons. The molecule has 3 aromatic rings. The first-order valence-electron chi connectivity index (χ1n) is 9.48. The number of benzene rings is 3. The molecule has 0 N–H and O–H groups in total. The Balaban J connectivity index is 1.45. The predicted molar refractivity (Wildman–Crippen MR) is 134 cm³/mol. The Kier molecular flexibility index (Phi) is 6.98. The van der Waals surface area contributed by atoms with Crippen LogP contribution < -0.4 is 4.74 Å². The van der Waals surface area contributed by atoms with Gasteiger partial charge in [0.25, 0.3) is 11.1 Å². The highest BCUT2D eigenvalue weighted by molar-refractivity contribution is 14.1. The summed E-state index contributed by atoms with van der Waals surface area (Å²) in [5.74, 6) is -0.420. The van der Waals surface area contributed by atoms with Gasteiger partial charge in [-0.3, -0.25) is 14.5 Å². The Morgan fingerprint density at radius 1 is 1.00 bits per heavy atom. The molecule has 1 fully saturated rings. The molecule has 1 aliphatic heterocycles. The van der Waals surface area contributed by atoms with Crippen LogP contribution in [0.3, 0.4) is 0 Å². The van der Waals surface area contributed by atoms with E-state index in [9.17, 15) is 14.4 Å². The number of esters is 1. The summed E-state index contributed by atoms with van der Waals surface area (Å²) in [7, 11) is 0. The molecular weight excluding hydrogens is 561 g/mol. The zero-order valence-electron chi connectivity index (χ0n) is 16.5. The third-order valence-electron chi connectivity index (χ3n) is 4.64. The number of ether oxygens (including phenoxy) is 1. The molecule has 1 saturated heterocycles. The van der Waals surface area contributed by atoms with Crippen molar-refractivity contribution in [3.8, 4) is 5.75 Å². The highest BCUT2D eigenvalue weighted by Gasteiger charge is 2.35. The van der Waals surface area contributed by atoms with E-state index in [1.807, 2.05) is 18.2 Å². The zero-order chi connectivity index (χ0) is 22.7. The molecule has 4 rings (SSSR count). The first-order valence-corrected chi connectivity index (χ1v) is 11.8. The van der Waals surface area contributed by atoms with Gasteiger partial charge in [0.1, 0.15) is 5.75 Å². The Hall–Kier alpha value is -2.62. The number of nitrogens with zero attached hydrogens (tertiary/aromatic N) is 1. The second-order valence-electron chi connectivity index (χ2n) is 6.80. The normalized spacial score (nSPS) is 14.8. The Bertz CT molecular complexity index is 1240. The van der Waals surface area contributed by atoms with Crippen molar-refractivity contribution in [2.75, 3.05) is 0 Å². The highest BCUT2D eigenvalue weighted by atomic mass is 127. The molecule has 3 aromatic carbocycles. The zero-order valence-corrected chi connectivity index (χ0v) is 20.2. The maximum atomic E-state index is 12.7. The summed E-state index contributed by atoms with van der Waals surface area (Å²) in [5.41, 5.74) is 1.91. The smallest absolute Gasteiger partial charge is 0.344 e. The summed E-state index contributed by atoms with van der Waals surface area (Å²) in [5, 5.41) is 0.162. The number of hydrogen-bond acceptors (Lipinski definition) is 5. The van der Waals surface area contributed by atoms with E-state index < -0.39 is 5.97 Å².